The summed E-state index contributed by atoms with van der Waals surface area (Å²) in [6.45, 7) is 7.65. The summed E-state index contributed by atoms with van der Waals surface area (Å²) in [7, 11) is 0. The predicted octanol–water partition coefficient (Wildman–Crippen LogP) is 2.11. The highest BCUT2D eigenvalue weighted by molar-refractivity contribution is 5.76. The SMILES string of the molecule is CCN(CC)C(=O)CCNC1COCc2ccccc21. The number of nitrogens with zero attached hydrogens (tertiary/aromatic N) is 1. The van der Waals surface area contributed by atoms with Gasteiger partial charge in [0.15, 0.2) is 0 Å². The fraction of sp³-hybridized carbons (Fsp3) is 0.562. The summed E-state index contributed by atoms with van der Waals surface area (Å²) in [6.07, 6.45) is 0.542. The molecule has 0 saturated heterocycles. The Morgan fingerprint density at radius 3 is 2.85 bits per heavy atom. The monoisotopic (exact) mass is 276 g/mol. The minimum Gasteiger partial charge on any atom is -0.375 e. The van der Waals surface area contributed by atoms with Gasteiger partial charge in [0.25, 0.3) is 0 Å². The van der Waals surface area contributed by atoms with Crippen LogP contribution in [0.1, 0.15) is 37.4 Å². The van der Waals surface area contributed by atoms with E-state index in [-0.39, 0.29) is 11.9 Å². The summed E-state index contributed by atoms with van der Waals surface area (Å²) in [5.74, 6) is 0.215. The van der Waals surface area contributed by atoms with Crippen molar-refractivity contribution in [3.05, 3.63) is 35.4 Å². The zero-order valence-electron chi connectivity index (χ0n) is 12.4. The molecule has 20 heavy (non-hydrogen) atoms. The standard InChI is InChI=1S/C16H24N2O2/c1-3-18(4-2)16(19)9-10-17-15-12-20-11-13-7-5-6-8-14(13)15/h5-8,15,17H,3-4,9-12H2,1-2H3. The van der Waals surface area contributed by atoms with Crippen LogP contribution in [0.5, 0.6) is 0 Å². The molecular weight excluding hydrogens is 252 g/mol. The first kappa shape index (κ1) is 15.0. The number of fused-ring (bicyclic) bond motifs is 1. The topological polar surface area (TPSA) is 41.6 Å². The lowest BCUT2D eigenvalue weighted by molar-refractivity contribution is -0.130. The molecule has 0 fully saturated rings. The molecule has 1 N–H and O–H groups in total. The maximum absolute atomic E-state index is 11.9. The minimum atomic E-state index is 0.199. The average Bonchev–Trinajstić information content (AvgIpc) is 2.49. The number of hydrogen-bond donors (Lipinski definition) is 1. The first-order chi connectivity index (χ1) is 9.76. The second kappa shape index (κ2) is 7.41. The van der Waals surface area contributed by atoms with Gasteiger partial charge in [0.2, 0.25) is 5.91 Å². The number of carbonyl (C=O) groups excluding carboxylic acids is 1. The Hall–Kier alpha value is -1.39. The van der Waals surface area contributed by atoms with Crippen molar-refractivity contribution in [2.45, 2.75) is 32.9 Å². The van der Waals surface area contributed by atoms with E-state index < -0.39 is 0 Å². The van der Waals surface area contributed by atoms with Crippen molar-refractivity contribution in [2.24, 2.45) is 0 Å². The van der Waals surface area contributed by atoms with E-state index in [9.17, 15) is 4.79 Å². The van der Waals surface area contributed by atoms with Gasteiger partial charge in [0.05, 0.1) is 19.3 Å². The smallest absolute Gasteiger partial charge is 0.223 e. The van der Waals surface area contributed by atoms with E-state index in [0.717, 1.165) is 13.1 Å². The van der Waals surface area contributed by atoms with Crippen LogP contribution >= 0.6 is 0 Å². The lowest BCUT2D eigenvalue weighted by atomic mass is 9.99. The van der Waals surface area contributed by atoms with Gasteiger partial charge in [0, 0.05) is 26.1 Å². The molecule has 1 unspecified atom stereocenters. The molecule has 4 nitrogen and oxygen atoms in total. The van der Waals surface area contributed by atoms with E-state index in [2.05, 4.69) is 23.5 Å². The molecule has 0 saturated carbocycles. The lowest BCUT2D eigenvalue weighted by Gasteiger charge is -2.27. The molecule has 0 radical (unpaired) electrons. The normalized spacial score (nSPS) is 17.6. The average molecular weight is 276 g/mol. The summed E-state index contributed by atoms with van der Waals surface area (Å²) < 4.78 is 5.60. The highest BCUT2D eigenvalue weighted by atomic mass is 16.5. The molecule has 1 aromatic carbocycles. The molecule has 0 aliphatic carbocycles. The summed E-state index contributed by atoms with van der Waals surface area (Å²) in [6, 6.07) is 8.53. The van der Waals surface area contributed by atoms with Gasteiger partial charge in [-0.2, -0.15) is 0 Å². The van der Waals surface area contributed by atoms with E-state index >= 15 is 0 Å². The first-order valence-corrected chi connectivity index (χ1v) is 7.43. The van der Waals surface area contributed by atoms with Crippen LogP contribution in [0.2, 0.25) is 0 Å². The van der Waals surface area contributed by atoms with E-state index in [1.807, 2.05) is 24.8 Å². The second-order valence-electron chi connectivity index (χ2n) is 5.04. The third-order valence-electron chi connectivity index (χ3n) is 3.82. The quantitative estimate of drug-likeness (QED) is 0.865. The Kier molecular flexibility index (Phi) is 5.56. The van der Waals surface area contributed by atoms with Crippen LogP contribution in [0.25, 0.3) is 0 Å². The molecule has 1 aromatic rings. The van der Waals surface area contributed by atoms with E-state index in [4.69, 9.17) is 4.74 Å². The van der Waals surface area contributed by atoms with Gasteiger partial charge >= 0.3 is 0 Å². The van der Waals surface area contributed by atoms with E-state index in [1.165, 1.54) is 11.1 Å². The fourth-order valence-corrected chi connectivity index (χ4v) is 2.64. The van der Waals surface area contributed by atoms with Crippen molar-refractivity contribution < 1.29 is 9.53 Å². The van der Waals surface area contributed by atoms with Gasteiger partial charge in [-0.05, 0) is 25.0 Å². The van der Waals surface area contributed by atoms with Crippen molar-refractivity contribution >= 4 is 5.91 Å². The number of ether oxygens (including phenoxy) is 1. The van der Waals surface area contributed by atoms with Crippen LogP contribution in [0.15, 0.2) is 24.3 Å². The molecule has 1 amide bonds. The van der Waals surface area contributed by atoms with Gasteiger partial charge in [-0.3, -0.25) is 4.79 Å². The Bertz CT molecular complexity index is 444. The maximum Gasteiger partial charge on any atom is 0.223 e. The second-order valence-corrected chi connectivity index (χ2v) is 5.04. The van der Waals surface area contributed by atoms with Gasteiger partial charge in [-0.1, -0.05) is 24.3 Å². The molecule has 4 heteroatoms. The Morgan fingerprint density at radius 2 is 2.10 bits per heavy atom. The molecule has 1 heterocycles. The van der Waals surface area contributed by atoms with Crippen molar-refractivity contribution in [1.29, 1.82) is 0 Å². The molecular formula is C16H24N2O2. The Morgan fingerprint density at radius 1 is 1.35 bits per heavy atom. The number of carbonyl (C=O) groups is 1. The van der Waals surface area contributed by atoms with Crippen LogP contribution in [-0.4, -0.2) is 37.0 Å². The molecule has 0 spiro atoms. The zero-order valence-corrected chi connectivity index (χ0v) is 12.4. The van der Waals surface area contributed by atoms with Crippen molar-refractivity contribution in [3.63, 3.8) is 0 Å². The number of benzene rings is 1. The summed E-state index contributed by atoms with van der Waals surface area (Å²) in [4.78, 5) is 13.8. The van der Waals surface area contributed by atoms with Crippen molar-refractivity contribution in [1.82, 2.24) is 10.2 Å². The van der Waals surface area contributed by atoms with Crippen LogP contribution in [0.3, 0.4) is 0 Å². The number of hydrogen-bond acceptors (Lipinski definition) is 3. The molecule has 0 bridgehead atoms. The molecule has 1 aliphatic heterocycles. The highest BCUT2D eigenvalue weighted by Crippen LogP contribution is 2.24. The lowest BCUT2D eigenvalue weighted by Crippen LogP contribution is -2.35. The summed E-state index contributed by atoms with van der Waals surface area (Å²) in [5, 5.41) is 3.44. The zero-order chi connectivity index (χ0) is 14.4. The van der Waals surface area contributed by atoms with Gasteiger partial charge in [-0.25, -0.2) is 0 Å². The van der Waals surface area contributed by atoms with Crippen molar-refractivity contribution in [3.8, 4) is 0 Å². The number of nitrogens with one attached hydrogen (secondary N) is 1. The number of amides is 1. The maximum atomic E-state index is 11.9. The first-order valence-electron chi connectivity index (χ1n) is 7.43. The van der Waals surface area contributed by atoms with E-state index in [1.54, 1.807) is 0 Å². The summed E-state index contributed by atoms with van der Waals surface area (Å²) in [5.41, 5.74) is 2.54. The number of rotatable bonds is 6. The largest absolute Gasteiger partial charge is 0.375 e. The fourth-order valence-electron chi connectivity index (χ4n) is 2.64. The third kappa shape index (κ3) is 3.58. The van der Waals surface area contributed by atoms with Gasteiger partial charge < -0.3 is 15.0 Å². The van der Waals surface area contributed by atoms with E-state index in [0.29, 0.717) is 26.2 Å². The predicted molar refractivity (Wildman–Crippen MR) is 79.4 cm³/mol. The Labute approximate surface area is 121 Å². The molecule has 1 atom stereocenters. The highest BCUT2D eigenvalue weighted by Gasteiger charge is 2.20. The third-order valence-corrected chi connectivity index (χ3v) is 3.82. The van der Waals surface area contributed by atoms with Crippen molar-refractivity contribution in [2.75, 3.05) is 26.2 Å². The minimum absolute atomic E-state index is 0.199. The molecule has 1 aliphatic rings. The van der Waals surface area contributed by atoms with Gasteiger partial charge in [0.1, 0.15) is 0 Å². The molecule has 110 valence electrons. The Balaban J connectivity index is 1.85. The van der Waals surface area contributed by atoms with Crippen LogP contribution < -0.4 is 5.32 Å². The molecule has 0 aromatic heterocycles. The van der Waals surface area contributed by atoms with Crippen LogP contribution in [0, 0.1) is 0 Å². The molecule has 2 rings (SSSR count). The van der Waals surface area contributed by atoms with Crippen LogP contribution in [-0.2, 0) is 16.1 Å². The van der Waals surface area contributed by atoms with Gasteiger partial charge in [-0.15, -0.1) is 0 Å². The van der Waals surface area contributed by atoms with Crippen LogP contribution in [0.4, 0.5) is 0 Å². The summed E-state index contributed by atoms with van der Waals surface area (Å²) >= 11 is 0.